The maximum atomic E-state index is 11.0. The average molecular weight is 592 g/mol. The zero-order valence-electron chi connectivity index (χ0n) is 23.4. The number of thiocarbonyl (C=S) groups is 1. The van der Waals surface area contributed by atoms with Crippen LogP contribution in [-0.4, -0.2) is 19.6 Å². The van der Waals surface area contributed by atoms with Crippen molar-refractivity contribution in [3.63, 3.8) is 0 Å². The van der Waals surface area contributed by atoms with Crippen LogP contribution in [0.5, 0.6) is 0 Å². The summed E-state index contributed by atoms with van der Waals surface area (Å²) in [6.45, 7) is 6.46. The Hall–Kier alpha value is -4.47. The summed E-state index contributed by atoms with van der Waals surface area (Å²) < 4.78 is 2.32. The van der Waals surface area contributed by atoms with Gasteiger partial charge in [-0.05, 0) is 105 Å². The number of hydrogen-bond donors (Lipinski definition) is 1. The molecule has 0 unspecified atom stereocenters. The molecule has 1 saturated heterocycles. The van der Waals surface area contributed by atoms with Gasteiger partial charge in [0.2, 0.25) is 0 Å². The zero-order chi connectivity index (χ0) is 29.4. The molecule has 1 aliphatic rings. The van der Waals surface area contributed by atoms with Crippen molar-refractivity contribution in [2.24, 2.45) is 0 Å². The quantitative estimate of drug-likeness (QED) is 0.117. The van der Waals surface area contributed by atoms with Crippen molar-refractivity contribution in [1.82, 2.24) is 14.9 Å². The summed E-state index contributed by atoms with van der Waals surface area (Å²) in [6.07, 6.45) is 1.82. The minimum absolute atomic E-state index is 0.0834. The van der Waals surface area contributed by atoms with Gasteiger partial charge in [0.1, 0.15) is 0 Å². The minimum atomic E-state index is -0.386. The number of hydrogen-bond acceptors (Lipinski definition) is 5. The van der Waals surface area contributed by atoms with Crippen molar-refractivity contribution < 1.29 is 4.92 Å². The number of aromatic nitrogens is 2. The van der Waals surface area contributed by atoms with E-state index in [0.29, 0.717) is 5.11 Å². The summed E-state index contributed by atoms with van der Waals surface area (Å²) in [5.41, 5.74) is 7.87. The molecule has 2 aromatic heterocycles. The van der Waals surface area contributed by atoms with Gasteiger partial charge in [-0.3, -0.25) is 15.1 Å². The average Bonchev–Trinajstić information content (AvgIpc) is 3.49. The highest BCUT2D eigenvalue weighted by atomic mass is 32.2. The number of aryl methyl sites for hydroxylation is 2. The topological polar surface area (TPSA) is 76.2 Å². The van der Waals surface area contributed by atoms with Crippen LogP contribution in [0.15, 0.2) is 113 Å². The predicted octanol–water partition coefficient (Wildman–Crippen LogP) is 8.03. The second-order valence-electron chi connectivity index (χ2n) is 10.3. The first kappa shape index (κ1) is 27.7. The van der Waals surface area contributed by atoms with Crippen LogP contribution in [0.2, 0.25) is 0 Å². The van der Waals surface area contributed by atoms with Crippen LogP contribution in [0, 0.1) is 30.9 Å². The standard InChI is InChI=1S/C33H29N5O2S2/c1-21-8-4-5-10-30(21)36-22(2)20-28(23(36)3)32-31(29-9-6-7-19-34-29)35-33(41)37(32)24-11-15-26(16-12-24)42-27-17-13-25(14-18-27)38(39)40/h4-20,31-32H,1-3H3,(H,35,41)/t31-,32+/m0/s1. The Balaban J connectivity index is 1.38. The normalized spacial score (nSPS) is 16.5. The molecular formula is C33H29N5O2S2. The Kier molecular flexibility index (Phi) is 7.53. The lowest BCUT2D eigenvalue weighted by molar-refractivity contribution is -0.384. The number of non-ortho nitro benzene ring substituents is 1. The van der Waals surface area contributed by atoms with Crippen LogP contribution in [-0.2, 0) is 0 Å². The van der Waals surface area contributed by atoms with E-state index in [1.807, 2.05) is 24.4 Å². The number of benzene rings is 3. The Morgan fingerprint density at radius 2 is 1.57 bits per heavy atom. The molecule has 3 aromatic carbocycles. The smallest absolute Gasteiger partial charge is 0.269 e. The Morgan fingerprint density at radius 1 is 0.905 bits per heavy atom. The van der Waals surface area contributed by atoms with Crippen molar-refractivity contribution in [2.45, 2.75) is 42.6 Å². The lowest BCUT2D eigenvalue weighted by atomic mass is 9.96. The molecule has 1 fully saturated rings. The molecule has 0 amide bonds. The van der Waals surface area contributed by atoms with Gasteiger partial charge in [0, 0.05) is 50.9 Å². The summed E-state index contributed by atoms with van der Waals surface area (Å²) in [5.74, 6) is 0. The van der Waals surface area contributed by atoms with E-state index in [1.54, 1.807) is 23.9 Å². The molecule has 2 atom stereocenters. The molecule has 0 spiro atoms. The molecule has 42 heavy (non-hydrogen) atoms. The Labute approximate surface area is 254 Å². The van der Waals surface area contributed by atoms with Crippen molar-refractivity contribution in [3.05, 3.63) is 142 Å². The molecular weight excluding hydrogens is 563 g/mol. The molecule has 1 N–H and O–H groups in total. The third-order valence-corrected chi connectivity index (χ3v) is 8.97. The number of para-hydroxylation sites is 1. The SMILES string of the molecule is Cc1ccccc1-n1c(C)cc([C@@H]2[C@H](c3ccccn3)NC(=S)N2c2ccc(Sc3ccc([N+](=O)[O-])cc3)cc2)c1C. The Bertz CT molecular complexity index is 1770. The second-order valence-corrected chi connectivity index (χ2v) is 11.8. The number of nitro benzene ring substituents is 1. The zero-order valence-corrected chi connectivity index (χ0v) is 25.0. The van der Waals surface area contributed by atoms with Crippen molar-refractivity contribution in [1.29, 1.82) is 0 Å². The fourth-order valence-electron chi connectivity index (χ4n) is 5.67. The first-order valence-corrected chi connectivity index (χ1v) is 14.8. The first-order valence-electron chi connectivity index (χ1n) is 13.6. The van der Waals surface area contributed by atoms with Gasteiger partial charge in [0.05, 0.1) is 22.7 Å². The van der Waals surface area contributed by atoms with Crippen LogP contribution in [0.3, 0.4) is 0 Å². The van der Waals surface area contributed by atoms with Gasteiger partial charge in [0.25, 0.3) is 5.69 Å². The minimum Gasteiger partial charge on any atom is -0.351 e. The highest BCUT2D eigenvalue weighted by Gasteiger charge is 2.42. The van der Waals surface area contributed by atoms with E-state index >= 15 is 0 Å². The Morgan fingerprint density at radius 3 is 2.21 bits per heavy atom. The molecule has 9 heteroatoms. The van der Waals surface area contributed by atoms with Gasteiger partial charge < -0.3 is 14.8 Å². The van der Waals surface area contributed by atoms with Crippen molar-refractivity contribution in [2.75, 3.05) is 4.90 Å². The molecule has 6 rings (SSSR count). The number of anilines is 1. The lowest BCUT2D eigenvalue weighted by Gasteiger charge is -2.28. The van der Waals surface area contributed by atoms with E-state index in [0.717, 1.165) is 32.6 Å². The molecule has 3 heterocycles. The number of pyridine rings is 1. The molecule has 1 aliphatic heterocycles. The molecule has 0 bridgehead atoms. The van der Waals surface area contributed by atoms with E-state index in [2.05, 4.69) is 90.2 Å². The van der Waals surface area contributed by atoms with Gasteiger partial charge in [-0.2, -0.15) is 0 Å². The van der Waals surface area contributed by atoms with Crippen LogP contribution < -0.4 is 10.2 Å². The summed E-state index contributed by atoms with van der Waals surface area (Å²) in [5, 5.41) is 15.2. The fraction of sp³-hybridized carbons (Fsp3) is 0.152. The summed E-state index contributed by atoms with van der Waals surface area (Å²) in [4.78, 5) is 19.5. The maximum Gasteiger partial charge on any atom is 0.269 e. The van der Waals surface area contributed by atoms with E-state index in [1.165, 1.54) is 28.9 Å². The number of rotatable bonds is 7. The highest BCUT2D eigenvalue weighted by molar-refractivity contribution is 7.99. The van der Waals surface area contributed by atoms with Crippen LogP contribution in [0.25, 0.3) is 5.69 Å². The third-order valence-electron chi connectivity index (χ3n) is 7.64. The van der Waals surface area contributed by atoms with E-state index < -0.39 is 0 Å². The second kappa shape index (κ2) is 11.4. The van der Waals surface area contributed by atoms with E-state index in [4.69, 9.17) is 17.2 Å². The van der Waals surface area contributed by atoms with Gasteiger partial charge in [-0.1, -0.05) is 36.0 Å². The summed E-state index contributed by atoms with van der Waals surface area (Å²) in [7, 11) is 0. The van der Waals surface area contributed by atoms with Crippen molar-refractivity contribution >= 4 is 40.5 Å². The molecule has 0 aliphatic carbocycles. The van der Waals surface area contributed by atoms with E-state index in [-0.39, 0.29) is 22.7 Å². The number of nitrogens with zero attached hydrogens (tertiary/aromatic N) is 4. The first-order chi connectivity index (χ1) is 20.3. The van der Waals surface area contributed by atoms with E-state index in [9.17, 15) is 10.1 Å². The molecule has 7 nitrogen and oxygen atoms in total. The lowest BCUT2D eigenvalue weighted by Crippen LogP contribution is -2.29. The molecule has 0 saturated carbocycles. The van der Waals surface area contributed by atoms with Crippen LogP contribution in [0.4, 0.5) is 11.4 Å². The predicted molar refractivity (Wildman–Crippen MR) is 172 cm³/mol. The van der Waals surface area contributed by atoms with Crippen molar-refractivity contribution in [3.8, 4) is 5.69 Å². The van der Waals surface area contributed by atoms with Gasteiger partial charge in [-0.25, -0.2) is 0 Å². The molecule has 0 radical (unpaired) electrons. The van der Waals surface area contributed by atoms with Gasteiger partial charge >= 0.3 is 0 Å². The highest BCUT2D eigenvalue weighted by Crippen LogP contribution is 2.44. The maximum absolute atomic E-state index is 11.0. The number of nitrogens with one attached hydrogen (secondary N) is 1. The molecule has 210 valence electrons. The largest absolute Gasteiger partial charge is 0.351 e. The van der Waals surface area contributed by atoms with Gasteiger partial charge in [0.15, 0.2) is 5.11 Å². The molecule has 5 aromatic rings. The monoisotopic (exact) mass is 591 g/mol. The number of nitro groups is 1. The third kappa shape index (κ3) is 5.17. The van der Waals surface area contributed by atoms with Crippen LogP contribution >= 0.6 is 24.0 Å². The van der Waals surface area contributed by atoms with Crippen LogP contribution in [0.1, 0.15) is 40.3 Å². The summed E-state index contributed by atoms with van der Waals surface area (Å²) in [6, 6.07) is 31.3. The summed E-state index contributed by atoms with van der Waals surface area (Å²) >= 11 is 7.52. The van der Waals surface area contributed by atoms with Gasteiger partial charge in [-0.15, -0.1) is 0 Å². The fourth-order valence-corrected chi connectivity index (χ4v) is 6.83.